The van der Waals surface area contributed by atoms with Crippen molar-refractivity contribution in [2.75, 3.05) is 25.1 Å². The fraction of sp³-hybridized carbons (Fsp3) is 0.667. The van der Waals surface area contributed by atoms with E-state index in [0.717, 1.165) is 31.1 Å². The van der Waals surface area contributed by atoms with E-state index in [9.17, 15) is 0 Å². The van der Waals surface area contributed by atoms with Crippen LogP contribution in [0.2, 0.25) is 0 Å². The van der Waals surface area contributed by atoms with Crippen LogP contribution in [0, 0.1) is 6.92 Å². The average Bonchev–Trinajstić information content (AvgIpc) is 2.39. The maximum Gasteiger partial charge on any atom is 0.0824 e. The van der Waals surface area contributed by atoms with E-state index < -0.39 is 0 Å². The molecule has 0 aliphatic heterocycles. The first kappa shape index (κ1) is 10.1. The lowest BCUT2D eigenvalue weighted by molar-refractivity contribution is 0.158. The highest BCUT2D eigenvalue weighted by atomic mass is 16.5. The quantitative estimate of drug-likeness (QED) is 0.697. The maximum absolute atomic E-state index is 5.21. The second kappa shape index (κ2) is 4.87. The number of hydrogen-bond acceptors (Lipinski definition) is 3. The Morgan fingerprint density at radius 2 is 2.38 bits per heavy atom. The highest BCUT2D eigenvalue weighted by Crippen LogP contribution is 2.10. The summed E-state index contributed by atoms with van der Waals surface area (Å²) in [5, 5.41) is 7.48. The first-order valence-electron chi connectivity index (χ1n) is 4.56. The highest BCUT2D eigenvalue weighted by molar-refractivity contribution is 5.45. The molecular formula is C9H17N3O. The van der Waals surface area contributed by atoms with Crippen molar-refractivity contribution in [3.63, 3.8) is 0 Å². The summed E-state index contributed by atoms with van der Waals surface area (Å²) in [7, 11) is 1.92. The van der Waals surface area contributed by atoms with Crippen LogP contribution in [0.5, 0.6) is 0 Å². The monoisotopic (exact) mass is 183 g/mol. The van der Waals surface area contributed by atoms with Gasteiger partial charge in [-0.3, -0.25) is 4.68 Å². The first-order chi connectivity index (χ1) is 6.24. The Morgan fingerprint density at radius 1 is 1.62 bits per heavy atom. The average molecular weight is 183 g/mol. The highest BCUT2D eigenvalue weighted by Gasteiger charge is 2.00. The van der Waals surface area contributed by atoms with Crippen LogP contribution >= 0.6 is 0 Å². The van der Waals surface area contributed by atoms with Crippen LogP contribution in [0.15, 0.2) is 6.20 Å². The van der Waals surface area contributed by atoms with Crippen molar-refractivity contribution in [3.05, 3.63) is 11.9 Å². The molecule has 1 aromatic heterocycles. The Hall–Kier alpha value is -1.03. The number of hydrogen-bond donors (Lipinski definition) is 1. The summed E-state index contributed by atoms with van der Waals surface area (Å²) in [5.41, 5.74) is 2.11. The summed E-state index contributed by atoms with van der Waals surface area (Å²) in [5.74, 6) is 0. The predicted molar refractivity (Wildman–Crippen MR) is 52.9 cm³/mol. The van der Waals surface area contributed by atoms with Gasteiger partial charge in [0.2, 0.25) is 0 Å². The summed E-state index contributed by atoms with van der Waals surface area (Å²) < 4.78 is 7.02. The molecular weight excluding hydrogens is 166 g/mol. The van der Waals surface area contributed by atoms with E-state index in [4.69, 9.17) is 4.74 Å². The summed E-state index contributed by atoms with van der Waals surface area (Å²) in [6.45, 7) is 6.33. The van der Waals surface area contributed by atoms with Crippen molar-refractivity contribution in [1.29, 1.82) is 0 Å². The van der Waals surface area contributed by atoms with Crippen LogP contribution in [-0.2, 0) is 11.8 Å². The van der Waals surface area contributed by atoms with Crippen molar-refractivity contribution >= 4 is 5.69 Å². The lowest BCUT2D eigenvalue weighted by atomic mass is 10.4. The third kappa shape index (κ3) is 3.06. The van der Waals surface area contributed by atoms with Crippen LogP contribution in [0.4, 0.5) is 5.69 Å². The van der Waals surface area contributed by atoms with Gasteiger partial charge in [-0.15, -0.1) is 0 Å². The molecule has 0 saturated heterocycles. The molecule has 0 amide bonds. The zero-order valence-electron chi connectivity index (χ0n) is 8.50. The minimum atomic E-state index is 0.741. The van der Waals surface area contributed by atoms with Gasteiger partial charge in [-0.05, 0) is 13.8 Å². The number of aromatic nitrogens is 2. The molecule has 4 nitrogen and oxygen atoms in total. The summed E-state index contributed by atoms with van der Waals surface area (Å²) in [6, 6.07) is 0. The Morgan fingerprint density at radius 3 is 2.92 bits per heavy atom. The number of ether oxygens (including phenoxy) is 1. The van der Waals surface area contributed by atoms with Gasteiger partial charge in [0.1, 0.15) is 0 Å². The molecule has 1 heterocycles. The third-order valence-electron chi connectivity index (χ3n) is 1.78. The molecule has 4 heteroatoms. The smallest absolute Gasteiger partial charge is 0.0824 e. The number of nitrogens with zero attached hydrogens (tertiary/aromatic N) is 2. The van der Waals surface area contributed by atoms with Gasteiger partial charge in [0.05, 0.1) is 18.0 Å². The Labute approximate surface area is 78.9 Å². The van der Waals surface area contributed by atoms with Crippen molar-refractivity contribution in [2.24, 2.45) is 7.05 Å². The second-order valence-corrected chi connectivity index (χ2v) is 2.93. The lowest BCUT2D eigenvalue weighted by Gasteiger charge is -2.03. The minimum absolute atomic E-state index is 0.741. The van der Waals surface area contributed by atoms with Gasteiger partial charge in [0, 0.05) is 26.4 Å². The minimum Gasteiger partial charge on any atom is -0.380 e. The van der Waals surface area contributed by atoms with Crippen molar-refractivity contribution in [2.45, 2.75) is 13.8 Å². The topological polar surface area (TPSA) is 39.1 Å². The van der Waals surface area contributed by atoms with Gasteiger partial charge >= 0.3 is 0 Å². The van der Waals surface area contributed by atoms with Crippen LogP contribution in [0.25, 0.3) is 0 Å². The second-order valence-electron chi connectivity index (χ2n) is 2.93. The van der Waals surface area contributed by atoms with Gasteiger partial charge in [-0.1, -0.05) is 0 Å². The zero-order valence-corrected chi connectivity index (χ0v) is 8.50. The van der Waals surface area contributed by atoms with E-state index in [1.807, 2.05) is 27.1 Å². The molecule has 0 unspecified atom stereocenters. The molecule has 0 spiro atoms. The molecule has 0 aromatic carbocycles. The normalized spacial score (nSPS) is 10.4. The lowest BCUT2D eigenvalue weighted by Crippen LogP contribution is -2.09. The molecule has 0 fully saturated rings. The van der Waals surface area contributed by atoms with E-state index in [2.05, 4.69) is 10.4 Å². The number of anilines is 1. The number of nitrogens with one attached hydrogen (secondary N) is 1. The molecule has 0 atom stereocenters. The fourth-order valence-corrected chi connectivity index (χ4v) is 1.18. The standard InChI is InChI=1S/C9H17N3O/c1-4-13-6-5-10-9-7-12(3)11-8(9)2/h7,10H,4-6H2,1-3H3. The molecule has 1 N–H and O–H groups in total. The zero-order chi connectivity index (χ0) is 9.68. The molecule has 0 radical (unpaired) electrons. The van der Waals surface area contributed by atoms with E-state index in [-0.39, 0.29) is 0 Å². The predicted octanol–water partition coefficient (Wildman–Crippen LogP) is 1.18. The summed E-state index contributed by atoms with van der Waals surface area (Å²) in [6.07, 6.45) is 1.97. The summed E-state index contributed by atoms with van der Waals surface area (Å²) >= 11 is 0. The maximum atomic E-state index is 5.21. The molecule has 13 heavy (non-hydrogen) atoms. The Bertz CT molecular complexity index is 257. The van der Waals surface area contributed by atoms with E-state index >= 15 is 0 Å². The first-order valence-corrected chi connectivity index (χ1v) is 4.56. The van der Waals surface area contributed by atoms with Crippen LogP contribution in [-0.4, -0.2) is 29.5 Å². The third-order valence-corrected chi connectivity index (χ3v) is 1.78. The molecule has 0 saturated carbocycles. The van der Waals surface area contributed by atoms with Gasteiger partial charge in [-0.25, -0.2) is 0 Å². The molecule has 0 bridgehead atoms. The van der Waals surface area contributed by atoms with Crippen LogP contribution in [0.1, 0.15) is 12.6 Å². The van der Waals surface area contributed by atoms with Gasteiger partial charge in [-0.2, -0.15) is 5.10 Å². The van der Waals surface area contributed by atoms with E-state index in [1.54, 1.807) is 4.68 Å². The van der Waals surface area contributed by atoms with E-state index in [1.165, 1.54) is 0 Å². The van der Waals surface area contributed by atoms with Gasteiger partial charge in [0.15, 0.2) is 0 Å². The van der Waals surface area contributed by atoms with Crippen molar-refractivity contribution in [3.8, 4) is 0 Å². The van der Waals surface area contributed by atoms with Crippen LogP contribution in [0.3, 0.4) is 0 Å². The number of aryl methyl sites for hydroxylation is 2. The molecule has 1 aromatic rings. The summed E-state index contributed by atoms with van der Waals surface area (Å²) in [4.78, 5) is 0. The largest absolute Gasteiger partial charge is 0.380 e. The fourth-order valence-electron chi connectivity index (χ4n) is 1.18. The Balaban J connectivity index is 2.32. The SMILES string of the molecule is CCOCCNc1cn(C)nc1C. The van der Waals surface area contributed by atoms with Gasteiger partial charge < -0.3 is 10.1 Å². The Kier molecular flexibility index (Phi) is 3.76. The number of rotatable bonds is 5. The molecule has 74 valence electrons. The molecule has 0 aliphatic rings. The molecule has 0 aliphatic carbocycles. The van der Waals surface area contributed by atoms with Gasteiger partial charge in [0.25, 0.3) is 0 Å². The van der Waals surface area contributed by atoms with Crippen LogP contribution < -0.4 is 5.32 Å². The van der Waals surface area contributed by atoms with Crippen molar-refractivity contribution in [1.82, 2.24) is 9.78 Å². The van der Waals surface area contributed by atoms with Crippen molar-refractivity contribution < 1.29 is 4.74 Å². The van der Waals surface area contributed by atoms with E-state index in [0.29, 0.717) is 0 Å². The molecule has 1 rings (SSSR count).